The summed E-state index contributed by atoms with van der Waals surface area (Å²) in [5.74, 6) is 1.20. The summed E-state index contributed by atoms with van der Waals surface area (Å²) in [6, 6.07) is 2.05. The topological polar surface area (TPSA) is 40.6 Å². The molecule has 2 rings (SSSR count). The average molecular weight is 284 g/mol. The van der Waals surface area contributed by atoms with Crippen LogP contribution in [0.5, 0.6) is 0 Å². The van der Waals surface area contributed by atoms with Crippen LogP contribution in [0.3, 0.4) is 0 Å². The molecule has 1 aliphatic heterocycles. The van der Waals surface area contributed by atoms with Crippen molar-refractivity contribution in [2.75, 3.05) is 25.2 Å². The van der Waals surface area contributed by atoms with Gasteiger partial charge >= 0.3 is 0 Å². The van der Waals surface area contributed by atoms with E-state index in [4.69, 9.17) is 0 Å². The minimum atomic E-state index is -0.00125. The normalized spacial score (nSPS) is 15.2. The van der Waals surface area contributed by atoms with E-state index in [0.29, 0.717) is 18.2 Å². The fourth-order valence-corrected chi connectivity index (χ4v) is 3.56. The van der Waals surface area contributed by atoms with Gasteiger partial charge < -0.3 is 9.80 Å². The van der Waals surface area contributed by atoms with Crippen LogP contribution in [0.4, 0.5) is 0 Å². The Labute approximate surface area is 115 Å². The van der Waals surface area contributed by atoms with Crippen molar-refractivity contribution in [1.82, 2.24) is 9.80 Å². The van der Waals surface area contributed by atoms with Gasteiger partial charge in [0.15, 0.2) is 0 Å². The summed E-state index contributed by atoms with van der Waals surface area (Å²) >= 11 is 3.22. The SMILES string of the molecule is Cc1ccsc1CN(C)C(=O)CN1CSCC1=O. The third kappa shape index (κ3) is 3.05. The van der Waals surface area contributed by atoms with E-state index in [1.165, 1.54) is 10.4 Å². The molecular weight excluding hydrogens is 268 g/mol. The predicted octanol–water partition coefficient (Wildman–Crippen LogP) is 1.55. The standard InChI is InChI=1S/C12H16N2O2S2/c1-9-3-4-18-10(9)5-13(2)11(15)6-14-8-17-7-12(14)16/h3-4H,5-8H2,1-2H3. The monoisotopic (exact) mass is 284 g/mol. The highest BCUT2D eigenvalue weighted by atomic mass is 32.2. The predicted molar refractivity (Wildman–Crippen MR) is 74.6 cm³/mol. The molecule has 0 aliphatic carbocycles. The van der Waals surface area contributed by atoms with E-state index in [1.54, 1.807) is 39.9 Å². The number of carbonyl (C=O) groups is 2. The van der Waals surface area contributed by atoms with Crippen molar-refractivity contribution in [3.8, 4) is 0 Å². The van der Waals surface area contributed by atoms with Crippen LogP contribution in [-0.4, -0.2) is 46.8 Å². The molecule has 1 aromatic heterocycles. The average Bonchev–Trinajstić information content (AvgIpc) is 2.90. The first-order chi connectivity index (χ1) is 8.58. The molecule has 6 heteroatoms. The number of aryl methyl sites for hydroxylation is 1. The van der Waals surface area contributed by atoms with E-state index in [-0.39, 0.29) is 18.4 Å². The molecule has 0 radical (unpaired) electrons. The van der Waals surface area contributed by atoms with Crippen molar-refractivity contribution in [3.05, 3.63) is 21.9 Å². The second kappa shape index (κ2) is 5.75. The van der Waals surface area contributed by atoms with E-state index >= 15 is 0 Å². The fraction of sp³-hybridized carbons (Fsp3) is 0.500. The number of likely N-dealkylation sites (N-methyl/N-ethyl adjacent to an activating group) is 1. The number of thiophene rings is 1. The van der Waals surface area contributed by atoms with Crippen molar-refractivity contribution in [2.45, 2.75) is 13.5 Å². The maximum Gasteiger partial charge on any atom is 0.242 e. The van der Waals surface area contributed by atoms with Gasteiger partial charge in [-0.1, -0.05) is 0 Å². The highest BCUT2D eigenvalue weighted by Gasteiger charge is 2.24. The molecule has 1 aromatic rings. The highest BCUT2D eigenvalue weighted by molar-refractivity contribution is 8.00. The van der Waals surface area contributed by atoms with E-state index in [9.17, 15) is 9.59 Å². The zero-order valence-electron chi connectivity index (χ0n) is 10.5. The third-order valence-electron chi connectivity index (χ3n) is 2.93. The fourth-order valence-electron chi connectivity index (χ4n) is 1.69. The van der Waals surface area contributed by atoms with Gasteiger partial charge in [0.25, 0.3) is 0 Å². The van der Waals surface area contributed by atoms with Gasteiger partial charge in [0, 0.05) is 11.9 Å². The lowest BCUT2D eigenvalue weighted by Crippen LogP contribution is -2.38. The summed E-state index contributed by atoms with van der Waals surface area (Å²) in [6.45, 7) is 2.87. The summed E-state index contributed by atoms with van der Waals surface area (Å²) in [5, 5.41) is 2.03. The Kier molecular flexibility index (Phi) is 4.29. The number of thioether (sulfide) groups is 1. The first kappa shape index (κ1) is 13.4. The molecule has 18 heavy (non-hydrogen) atoms. The van der Waals surface area contributed by atoms with Crippen molar-refractivity contribution >= 4 is 34.9 Å². The molecule has 0 unspecified atom stereocenters. The smallest absolute Gasteiger partial charge is 0.242 e. The summed E-state index contributed by atoms with van der Waals surface area (Å²) in [4.78, 5) is 28.0. The molecule has 4 nitrogen and oxygen atoms in total. The number of carbonyl (C=O) groups excluding carboxylic acids is 2. The maximum atomic E-state index is 12.0. The largest absolute Gasteiger partial charge is 0.339 e. The first-order valence-electron chi connectivity index (χ1n) is 5.70. The molecule has 1 aliphatic rings. The van der Waals surface area contributed by atoms with Crippen LogP contribution in [-0.2, 0) is 16.1 Å². The number of amides is 2. The van der Waals surface area contributed by atoms with Gasteiger partial charge in [0.2, 0.25) is 11.8 Å². The molecule has 0 spiro atoms. The van der Waals surface area contributed by atoms with Gasteiger partial charge in [-0.25, -0.2) is 0 Å². The molecule has 0 N–H and O–H groups in total. The van der Waals surface area contributed by atoms with Crippen LogP contribution in [0.15, 0.2) is 11.4 Å². The van der Waals surface area contributed by atoms with Crippen molar-refractivity contribution < 1.29 is 9.59 Å². The summed E-state index contributed by atoms with van der Waals surface area (Å²) in [6.07, 6.45) is 0. The van der Waals surface area contributed by atoms with Gasteiger partial charge in [0.05, 0.1) is 18.2 Å². The number of hydrogen-bond donors (Lipinski definition) is 0. The zero-order chi connectivity index (χ0) is 13.1. The molecule has 0 aromatic carbocycles. The van der Waals surface area contributed by atoms with E-state index in [0.717, 1.165) is 0 Å². The van der Waals surface area contributed by atoms with E-state index < -0.39 is 0 Å². The van der Waals surface area contributed by atoms with Crippen LogP contribution >= 0.6 is 23.1 Å². The molecule has 0 bridgehead atoms. The van der Waals surface area contributed by atoms with Gasteiger partial charge in [-0.05, 0) is 23.9 Å². The van der Waals surface area contributed by atoms with Gasteiger partial charge in [-0.2, -0.15) is 0 Å². The van der Waals surface area contributed by atoms with Crippen LogP contribution in [0.25, 0.3) is 0 Å². The van der Waals surface area contributed by atoms with Crippen LogP contribution in [0, 0.1) is 6.92 Å². The Bertz CT molecular complexity index is 459. The first-order valence-corrected chi connectivity index (χ1v) is 7.74. The molecule has 2 heterocycles. The summed E-state index contributed by atoms with van der Waals surface area (Å²) in [7, 11) is 1.79. The lowest BCUT2D eigenvalue weighted by Gasteiger charge is -2.21. The molecule has 0 saturated carbocycles. The second-order valence-corrected chi connectivity index (χ2v) is 6.30. The van der Waals surface area contributed by atoms with Crippen LogP contribution in [0.1, 0.15) is 10.4 Å². The number of rotatable bonds is 4. The zero-order valence-corrected chi connectivity index (χ0v) is 12.1. The quantitative estimate of drug-likeness (QED) is 0.842. The lowest BCUT2D eigenvalue weighted by molar-refractivity contribution is -0.137. The molecule has 1 fully saturated rings. The Hall–Kier alpha value is -1.01. The maximum absolute atomic E-state index is 12.0. The highest BCUT2D eigenvalue weighted by Crippen LogP contribution is 2.18. The second-order valence-electron chi connectivity index (χ2n) is 4.35. The number of nitrogens with zero attached hydrogens (tertiary/aromatic N) is 2. The van der Waals surface area contributed by atoms with E-state index in [1.807, 2.05) is 12.3 Å². The minimum Gasteiger partial charge on any atom is -0.339 e. The van der Waals surface area contributed by atoms with Crippen molar-refractivity contribution in [1.29, 1.82) is 0 Å². The molecule has 1 saturated heterocycles. The van der Waals surface area contributed by atoms with Gasteiger partial charge in [0.1, 0.15) is 6.54 Å². The van der Waals surface area contributed by atoms with Crippen molar-refractivity contribution in [3.63, 3.8) is 0 Å². The lowest BCUT2D eigenvalue weighted by atomic mass is 10.3. The molecular formula is C12H16N2O2S2. The molecule has 2 amide bonds. The Morgan fingerprint density at radius 3 is 2.89 bits per heavy atom. The summed E-state index contributed by atoms with van der Waals surface area (Å²) < 4.78 is 0. The van der Waals surface area contributed by atoms with Crippen molar-refractivity contribution in [2.24, 2.45) is 0 Å². The molecule has 98 valence electrons. The summed E-state index contributed by atoms with van der Waals surface area (Å²) in [5.41, 5.74) is 1.22. The number of hydrogen-bond acceptors (Lipinski definition) is 4. The van der Waals surface area contributed by atoms with Crippen LogP contribution in [0.2, 0.25) is 0 Å². The Balaban J connectivity index is 1.89. The minimum absolute atomic E-state index is 0.00125. The Morgan fingerprint density at radius 1 is 1.56 bits per heavy atom. The van der Waals surface area contributed by atoms with E-state index in [2.05, 4.69) is 6.07 Å². The Morgan fingerprint density at radius 2 is 2.33 bits per heavy atom. The molecule has 0 atom stereocenters. The van der Waals surface area contributed by atoms with Gasteiger partial charge in [-0.15, -0.1) is 23.1 Å². The van der Waals surface area contributed by atoms with Crippen LogP contribution < -0.4 is 0 Å². The third-order valence-corrected chi connectivity index (χ3v) is 4.88. The van der Waals surface area contributed by atoms with Gasteiger partial charge in [-0.3, -0.25) is 9.59 Å².